The van der Waals surface area contributed by atoms with Gasteiger partial charge in [0.15, 0.2) is 11.5 Å². The molecule has 0 saturated carbocycles. The zero-order valence-electron chi connectivity index (χ0n) is 21.9. The molecule has 1 saturated heterocycles. The molecule has 6 heteroatoms. The molecule has 0 bridgehead atoms. The van der Waals surface area contributed by atoms with Crippen molar-refractivity contribution >= 4 is 17.9 Å². The fourth-order valence-corrected chi connectivity index (χ4v) is 4.45. The Morgan fingerprint density at radius 3 is 2.39 bits per heavy atom. The second-order valence-electron chi connectivity index (χ2n) is 9.17. The fraction of sp³-hybridized carbons (Fsp3) is 0.467. The fourth-order valence-electron chi connectivity index (χ4n) is 4.45. The van der Waals surface area contributed by atoms with E-state index in [1.165, 1.54) is 0 Å². The monoisotopic (exact) mass is 492 g/mol. The van der Waals surface area contributed by atoms with Crippen LogP contribution in [0, 0.1) is 5.92 Å². The molecule has 36 heavy (non-hydrogen) atoms. The van der Waals surface area contributed by atoms with E-state index in [-0.39, 0.29) is 17.7 Å². The standard InChI is InChI=1S/C30H40N2O4/c1-4-18-32(23-25-12-14-27(36-21-5-2)28(22-25)35-6-3)30(34)26-16-19-31(20-17-26)29(33)15-13-24-10-8-7-9-11-24/h7-15,22,26H,4-6,16-21,23H2,1-3H3/b15-13+. The lowest BCUT2D eigenvalue weighted by atomic mass is 9.94. The maximum absolute atomic E-state index is 13.5. The third-order valence-corrected chi connectivity index (χ3v) is 6.32. The highest BCUT2D eigenvalue weighted by Crippen LogP contribution is 2.30. The van der Waals surface area contributed by atoms with Crippen molar-refractivity contribution in [1.82, 2.24) is 9.80 Å². The third kappa shape index (κ3) is 7.87. The first-order chi connectivity index (χ1) is 17.5. The zero-order valence-corrected chi connectivity index (χ0v) is 21.9. The Labute approximate surface area is 215 Å². The van der Waals surface area contributed by atoms with Gasteiger partial charge in [-0.1, -0.05) is 50.2 Å². The second kappa shape index (κ2) is 14.3. The Bertz CT molecular complexity index is 997. The number of carbonyl (C=O) groups is 2. The van der Waals surface area contributed by atoms with Gasteiger partial charge in [-0.05, 0) is 61.9 Å². The Morgan fingerprint density at radius 2 is 1.72 bits per heavy atom. The van der Waals surface area contributed by atoms with Crippen molar-refractivity contribution in [2.75, 3.05) is 32.8 Å². The van der Waals surface area contributed by atoms with E-state index in [9.17, 15) is 9.59 Å². The largest absolute Gasteiger partial charge is 0.490 e. The maximum atomic E-state index is 13.5. The molecular formula is C30H40N2O4. The summed E-state index contributed by atoms with van der Waals surface area (Å²) in [6.45, 7) is 9.77. The topological polar surface area (TPSA) is 59.1 Å². The number of likely N-dealkylation sites (tertiary alicyclic amines) is 1. The van der Waals surface area contributed by atoms with E-state index in [2.05, 4.69) is 13.8 Å². The lowest BCUT2D eigenvalue weighted by Crippen LogP contribution is -2.44. The summed E-state index contributed by atoms with van der Waals surface area (Å²) in [5.41, 5.74) is 2.03. The van der Waals surface area contributed by atoms with Crippen molar-refractivity contribution in [2.45, 2.75) is 53.0 Å². The number of hydrogen-bond donors (Lipinski definition) is 0. The van der Waals surface area contributed by atoms with Gasteiger partial charge in [-0.2, -0.15) is 0 Å². The first-order valence-corrected chi connectivity index (χ1v) is 13.2. The average Bonchev–Trinajstić information content (AvgIpc) is 2.91. The van der Waals surface area contributed by atoms with Crippen LogP contribution in [0.4, 0.5) is 0 Å². The SMILES string of the molecule is CCCOc1ccc(CN(CCC)C(=O)C2CCN(C(=O)/C=C/c3ccccc3)CC2)cc1OCC. The Hall–Kier alpha value is -3.28. The third-order valence-electron chi connectivity index (χ3n) is 6.32. The van der Waals surface area contributed by atoms with Gasteiger partial charge < -0.3 is 19.3 Å². The molecule has 0 radical (unpaired) electrons. The highest BCUT2D eigenvalue weighted by Gasteiger charge is 2.29. The van der Waals surface area contributed by atoms with Crippen molar-refractivity contribution in [3.8, 4) is 11.5 Å². The molecule has 0 aromatic heterocycles. The summed E-state index contributed by atoms with van der Waals surface area (Å²) in [6, 6.07) is 15.8. The number of benzene rings is 2. The van der Waals surface area contributed by atoms with E-state index in [1.807, 2.05) is 71.3 Å². The highest BCUT2D eigenvalue weighted by molar-refractivity contribution is 5.92. The van der Waals surface area contributed by atoms with Gasteiger partial charge in [-0.3, -0.25) is 9.59 Å². The zero-order chi connectivity index (χ0) is 25.8. The van der Waals surface area contributed by atoms with Crippen LogP contribution in [-0.2, 0) is 16.1 Å². The minimum atomic E-state index is -0.0581. The van der Waals surface area contributed by atoms with Gasteiger partial charge in [0.05, 0.1) is 13.2 Å². The summed E-state index contributed by atoms with van der Waals surface area (Å²) in [6.07, 6.45) is 6.68. The Balaban J connectivity index is 1.59. The van der Waals surface area contributed by atoms with Crippen LogP contribution < -0.4 is 9.47 Å². The Morgan fingerprint density at radius 1 is 0.972 bits per heavy atom. The lowest BCUT2D eigenvalue weighted by molar-refractivity contribution is -0.140. The number of ether oxygens (including phenoxy) is 2. The van der Waals surface area contributed by atoms with Crippen LogP contribution in [0.25, 0.3) is 6.08 Å². The van der Waals surface area contributed by atoms with E-state index in [0.29, 0.717) is 52.2 Å². The molecule has 0 atom stereocenters. The summed E-state index contributed by atoms with van der Waals surface area (Å²) < 4.78 is 11.6. The molecule has 1 aliphatic heterocycles. The van der Waals surface area contributed by atoms with Gasteiger partial charge >= 0.3 is 0 Å². The van der Waals surface area contributed by atoms with Crippen LogP contribution in [0.2, 0.25) is 0 Å². The number of amides is 2. The van der Waals surface area contributed by atoms with E-state index in [4.69, 9.17) is 9.47 Å². The van der Waals surface area contributed by atoms with Gasteiger partial charge in [-0.15, -0.1) is 0 Å². The van der Waals surface area contributed by atoms with Crippen LogP contribution in [0.3, 0.4) is 0 Å². The maximum Gasteiger partial charge on any atom is 0.246 e. The molecule has 0 aliphatic carbocycles. The molecule has 2 aromatic carbocycles. The Kier molecular flexibility index (Phi) is 10.9. The molecule has 1 heterocycles. The smallest absolute Gasteiger partial charge is 0.246 e. The van der Waals surface area contributed by atoms with Gasteiger partial charge in [0, 0.05) is 38.2 Å². The number of rotatable bonds is 12. The second-order valence-corrected chi connectivity index (χ2v) is 9.17. The van der Waals surface area contributed by atoms with E-state index >= 15 is 0 Å². The predicted octanol–water partition coefficient (Wildman–Crippen LogP) is 5.56. The normalized spacial score (nSPS) is 14.1. The number of nitrogens with zero attached hydrogens (tertiary/aromatic N) is 2. The molecule has 1 aliphatic rings. The molecule has 0 spiro atoms. The first-order valence-electron chi connectivity index (χ1n) is 13.2. The minimum Gasteiger partial charge on any atom is -0.490 e. The van der Waals surface area contributed by atoms with E-state index < -0.39 is 0 Å². The molecule has 1 fully saturated rings. The highest BCUT2D eigenvalue weighted by atomic mass is 16.5. The van der Waals surface area contributed by atoms with E-state index in [1.54, 1.807) is 6.08 Å². The molecule has 3 rings (SSSR count). The average molecular weight is 493 g/mol. The van der Waals surface area contributed by atoms with Crippen LogP contribution >= 0.6 is 0 Å². The van der Waals surface area contributed by atoms with Crippen molar-refractivity contribution in [1.29, 1.82) is 0 Å². The van der Waals surface area contributed by atoms with Crippen molar-refractivity contribution in [3.05, 3.63) is 65.7 Å². The van der Waals surface area contributed by atoms with Crippen LogP contribution in [-0.4, -0.2) is 54.5 Å². The molecular weight excluding hydrogens is 452 g/mol. The molecule has 2 amide bonds. The van der Waals surface area contributed by atoms with Gasteiger partial charge in [-0.25, -0.2) is 0 Å². The molecule has 6 nitrogen and oxygen atoms in total. The predicted molar refractivity (Wildman–Crippen MR) is 144 cm³/mol. The summed E-state index contributed by atoms with van der Waals surface area (Å²) in [7, 11) is 0. The van der Waals surface area contributed by atoms with Crippen LogP contribution in [0.1, 0.15) is 57.6 Å². The minimum absolute atomic E-state index is 0.00371. The van der Waals surface area contributed by atoms with E-state index in [0.717, 1.165) is 35.5 Å². The van der Waals surface area contributed by atoms with Crippen molar-refractivity contribution in [3.63, 3.8) is 0 Å². The number of carbonyl (C=O) groups excluding carboxylic acids is 2. The number of piperidine rings is 1. The van der Waals surface area contributed by atoms with Gasteiger partial charge in [0.1, 0.15) is 0 Å². The molecule has 0 unspecified atom stereocenters. The molecule has 194 valence electrons. The van der Waals surface area contributed by atoms with Gasteiger partial charge in [0.2, 0.25) is 11.8 Å². The van der Waals surface area contributed by atoms with Crippen molar-refractivity contribution < 1.29 is 19.1 Å². The lowest BCUT2D eigenvalue weighted by Gasteiger charge is -2.34. The van der Waals surface area contributed by atoms with Gasteiger partial charge in [0.25, 0.3) is 0 Å². The summed E-state index contributed by atoms with van der Waals surface area (Å²) >= 11 is 0. The van der Waals surface area contributed by atoms with Crippen LogP contribution in [0.15, 0.2) is 54.6 Å². The molecule has 0 N–H and O–H groups in total. The summed E-state index contributed by atoms with van der Waals surface area (Å²) in [5, 5.41) is 0. The van der Waals surface area contributed by atoms with Crippen LogP contribution in [0.5, 0.6) is 11.5 Å². The quantitative estimate of drug-likeness (QED) is 0.364. The first kappa shape index (κ1) is 27.3. The van der Waals surface area contributed by atoms with Crippen molar-refractivity contribution in [2.24, 2.45) is 5.92 Å². The molecule has 2 aromatic rings. The summed E-state index contributed by atoms with van der Waals surface area (Å²) in [5.74, 6) is 1.59. The number of hydrogen-bond acceptors (Lipinski definition) is 4. The summed E-state index contributed by atoms with van der Waals surface area (Å²) in [4.78, 5) is 29.9.